The van der Waals surface area contributed by atoms with Gasteiger partial charge in [-0.3, -0.25) is 0 Å². The summed E-state index contributed by atoms with van der Waals surface area (Å²) in [5.41, 5.74) is 0. The second kappa shape index (κ2) is 4.00. The first-order valence-electron chi connectivity index (χ1n) is 3.94. The molecule has 12 heavy (non-hydrogen) atoms. The Morgan fingerprint density at radius 2 is 2.08 bits per heavy atom. The van der Waals surface area contributed by atoms with Crippen LogP contribution in [0.3, 0.4) is 0 Å². The molecule has 2 heteroatoms. The van der Waals surface area contributed by atoms with Gasteiger partial charge >= 0.3 is 0 Å². The number of hydrogen-bond donors (Lipinski definition) is 0. The molecule has 1 aromatic rings. The summed E-state index contributed by atoms with van der Waals surface area (Å²) in [5, 5.41) is 0. The first-order valence-corrected chi connectivity index (χ1v) is 3.94. The van der Waals surface area contributed by atoms with E-state index < -0.39 is 0 Å². The van der Waals surface area contributed by atoms with E-state index in [9.17, 15) is 0 Å². The Bertz CT molecular complexity index is 226. The standard InChI is InChI=1S/C10H13O2/c1-8(2)12-10-6-4-9(11-3)5-7-10/h4-6,8H,1-3H3. The van der Waals surface area contributed by atoms with Crippen molar-refractivity contribution in [2.45, 2.75) is 20.0 Å². The summed E-state index contributed by atoms with van der Waals surface area (Å²) in [6.07, 6.45) is 0.189. The normalized spacial score (nSPS) is 10.0. The molecule has 0 atom stereocenters. The Balaban J connectivity index is 2.65. The molecule has 1 rings (SSSR count). The van der Waals surface area contributed by atoms with Crippen LogP contribution in [0.25, 0.3) is 0 Å². The zero-order chi connectivity index (χ0) is 8.97. The molecular weight excluding hydrogens is 152 g/mol. The van der Waals surface area contributed by atoms with E-state index in [1.807, 2.05) is 26.0 Å². The predicted octanol–water partition coefficient (Wildman–Crippen LogP) is 2.28. The van der Waals surface area contributed by atoms with Crippen LogP contribution in [0.15, 0.2) is 18.2 Å². The molecule has 65 valence electrons. The zero-order valence-corrected chi connectivity index (χ0v) is 7.63. The fourth-order valence-corrected chi connectivity index (χ4v) is 0.851. The molecule has 0 aromatic heterocycles. The SMILES string of the molecule is COc1c[c]c(OC(C)C)cc1. The minimum atomic E-state index is 0.189. The molecule has 2 nitrogen and oxygen atoms in total. The van der Waals surface area contributed by atoms with Crippen molar-refractivity contribution in [3.05, 3.63) is 24.3 Å². The van der Waals surface area contributed by atoms with Gasteiger partial charge in [0.25, 0.3) is 0 Å². The van der Waals surface area contributed by atoms with E-state index in [0.29, 0.717) is 0 Å². The van der Waals surface area contributed by atoms with E-state index in [1.165, 1.54) is 0 Å². The minimum Gasteiger partial charge on any atom is -0.497 e. The van der Waals surface area contributed by atoms with E-state index in [1.54, 1.807) is 13.2 Å². The van der Waals surface area contributed by atoms with Crippen molar-refractivity contribution in [2.24, 2.45) is 0 Å². The molecule has 0 aliphatic heterocycles. The quantitative estimate of drug-likeness (QED) is 0.684. The van der Waals surface area contributed by atoms with Gasteiger partial charge in [0, 0.05) is 6.07 Å². The van der Waals surface area contributed by atoms with Crippen LogP contribution in [-0.2, 0) is 0 Å². The van der Waals surface area contributed by atoms with Crippen LogP contribution in [-0.4, -0.2) is 13.2 Å². The molecule has 0 aliphatic carbocycles. The van der Waals surface area contributed by atoms with Crippen molar-refractivity contribution in [2.75, 3.05) is 7.11 Å². The molecule has 0 amide bonds. The second-order valence-corrected chi connectivity index (χ2v) is 2.76. The van der Waals surface area contributed by atoms with Crippen LogP contribution >= 0.6 is 0 Å². The van der Waals surface area contributed by atoms with Crippen molar-refractivity contribution in [3.8, 4) is 11.5 Å². The fraction of sp³-hybridized carbons (Fsp3) is 0.400. The van der Waals surface area contributed by atoms with Gasteiger partial charge < -0.3 is 9.47 Å². The maximum Gasteiger partial charge on any atom is 0.127 e. The number of hydrogen-bond acceptors (Lipinski definition) is 2. The highest BCUT2D eigenvalue weighted by Gasteiger charge is 1.97. The molecule has 1 aromatic carbocycles. The summed E-state index contributed by atoms with van der Waals surface area (Å²) < 4.78 is 10.4. The smallest absolute Gasteiger partial charge is 0.127 e. The molecule has 0 fully saturated rings. The Labute approximate surface area is 73.1 Å². The summed E-state index contributed by atoms with van der Waals surface area (Å²) >= 11 is 0. The zero-order valence-electron chi connectivity index (χ0n) is 7.63. The van der Waals surface area contributed by atoms with Gasteiger partial charge in [-0.1, -0.05) is 0 Å². The predicted molar refractivity (Wildman–Crippen MR) is 47.6 cm³/mol. The minimum absolute atomic E-state index is 0.189. The van der Waals surface area contributed by atoms with E-state index in [4.69, 9.17) is 9.47 Å². The van der Waals surface area contributed by atoms with E-state index in [2.05, 4.69) is 6.07 Å². The van der Waals surface area contributed by atoms with E-state index in [0.717, 1.165) is 11.5 Å². The summed E-state index contributed by atoms with van der Waals surface area (Å²) in [6.45, 7) is 3.97. The van der Waals surface area contributed by atoms with Gasteiger partial charge in [0.05, 0.1) is 13.2 Å². The molecule has 0 bridgehead atoms. The lowest BCUT2D eigenvalue weighted by Gasteiger charge is -2.08. The van der Waals surface area contributed by atoms with Gasteiger partial charge in [-0.25, -0.2) is 0 Å². The summed E-state index contributed by atoms with van der Waals surface area (Å²) in [5.74, 6) is 1.55. The fourth-order valence-electron chi connectivity index (χ4n) is 0.851. The van der Waals surface area contributed by atoms with Crippen molar-refractivity contribution in [1.82, 2.24) is 0 Å². The highest BCUT2D eigenvalue weighted by atomic mass is 16.5. The first kappa shape index (κ1) is 8.91. The molecular formula is C10H13O2. The molecule has 0 spiro atoms. The number of ether oxygens (including phenoxy) is 2. The van der Waals surface area contributed by atoms with Crippen molar-refractivity contribution in [1.29, 1.82) is 0 Å². The van der Waals surface area contributed by atoms with Crippen LogP contribution < -0.4 is 9.47 Å². The Morgan fingerprint density at radius 3 is 2.50 bits per heavy atom. The van der Waals surface area contributed by atoms with E-state index >= 15 is 0 Å². The third kappa shape index (κ3) is 2.46. The van der Waals surface area contributed by atoms with Crippen LogP contribution in [0.4, 0.5) is 0 Å². The summed E-state index contributed by atoms with van der Waals surface area (Å²) in [7, 11) is 1.63. The third-order valence-corrected chi connectivity index (χ3v) is 1.35. The molecule has 0 saturated heterocycles. The lowest BCUT2D eigenvalue weighted by molar-refractivity contribution is 0.241. The van der Waals surface area contributed by atoms with Gasteiger partial charge in [0.2, 0.25) is 0 Å². The topological polar surface area (TPSA) is 18.5 Å². The highest BCUT2D eigenvalue weighted by Crippen LogP contribution is 2.16. The number of methoxy groups -OCH3 is 1. The lowest BCUT2D eigenvalue weighted by atomic mass is 10.3. The molecule has 0 N–H and O–H groups in total. The van der Waals surface area contributed by atoms with Crippen molar-refractivity contribution < 1.29 is 9.47 Å². The monoisotopic (exact) mass is 165 g/mol. The average Bonchev–Trinajstić information content (AvgIpc) is 2.05. The Hall–Kier alpha value is -1.18. The number of benzene rings is 1. The molecule has 0 aliphatic rings. The molecule has 0 heterocycles. The maximum absolute atomic E-state index is 5.40. The Kier molecular flexibility index (Phi) is 2.97. The highest BCUT2D eigenvalue weighted by molar-refractivity contribution is 5.29. The van der Waals surface area contributed by atoms with Gasteiger partial charge in [0.15, 0.2) is 0 Å². The number of rotatable bonds is 3. The van der Waals surface area contributed by atoms with Gasteiger partial charge in [-0.15, -0.1) is 0 Å². The Morgan fingerprint density at radius 1 is 1.33 bits per heavy atom. The van der Waals surface area contributed by atoms with Crippen molar-refractivity contribution in [3.63, 3.8) is 0 Å². The van der Waals surface area contributed by atoms with Crippen LogP contribution in [0.5, 0.6) is 11.5 Å². The summed E-state index contributed by atoms with van der Waals surface area (Å²) in [6, 6.07) is 8.44. The summed E-state index contributed by atoms with van der Waals surface area (Å²) in [4.78, 5) is 0. The largest absolute Gasteiger partial charge is 0.497 e. The van der Waals surface area contributed by atoms with Crippen LogP contribution in [0.2, 0.25) is 0 Å². The van der Waals surface area contributed by atoms with Crippen LogP contribution in [0, 0.1) is 6.07 Å². The molecule has 1 radical (unpaired) electrons. The van der Waals surface area contributed by atoms with Gasteiger partial charge in [0.1, 0.15) is 11.5 Å². The maximum atomic E-state index is 5.40. The second-order valence-electron chi connectivity index (χ2n) is 2.76. The van der Waals surface area contributed by atoms with E-state index in [-0.39, 0.29) is 6.10 Å². The third-order valence-electron chi connectivity index (χ3n) is 1.35. The van der Waals surface area contributed by atoms with Crippen LogP contribution in [0.1, 0.15) is 13.8 Å². The molecule has 0 saturated carbocycles. The molecule has 0 unspecified atom stereocenters. The average molecular weight is 165 g/mol. The van der Waals surface area contributed by atoms with Gasteiger partial charge in [-0.2, -0.15) is 0 Å². The van der Waals surface area contributed by atoms with Gasteiger partial charge in [-0.05, 0) is 32.0 Å². The lowest BCUT2D eigenvalue weighted by Crippen LogP contribution is -2.05. The first-order chi connectivity index (χ1) is 5.72. The van der Waals surface area contributed by atoms with Crippen molar-refractivity contribution >= 4 is 0 Å².